The highest BCUT2D eigenvalue weighted by Crippen LogP contribution is 2.29. The maximum Gasteiger partial charge on any atom is 0.275 e. The number of anilines is 2. The number of fused-ring (bicyclic) bond motifs is 1. The van der Waals surface area contributed by atoms with Gasteiger partial charge in [-0.05, 0) is 36.4 Å². The smallest absolute Gasteiger partial charge is 0.275 e. The van der Waals surface area contributed by atoms with Gasteiger partial charge in [0.2, 0.25) is 0 Å². The Morgan fingerprint density at radius 1 is 1.14 bits per heavy atom. The van der Waals surface area contributed by atoms with Crippen molar-refractivity contribution in [3.05, 3.63) is 65.9 Å². The number of carbonyl (C=O) groups is 1. The number of carbonyl (C=O) groups excluding carboxylic acids is 1. The highest BCUT2D eigenvalue weighted by molar-refractivity contribution is 7.13. The molecule has 0 aliphatic carbocycles. The van der Waals surface area contributed by atoms with Crippen LogP contribution in [0.2, 0.25) is 0 Å². The van der Waals surface area contributed by atoms with Crippen molar-refractivity contribution < 1.29 is 14.5 Å². The van der Waals surface area contributed by atoms with E-state index in [2.05, 4.69) is 26.6 Å². The maximum atomic E-state index is 12.9. The molecule has 1 amide bonds. The summed E-state index contributed by atoms with van der Waals surface area (Å²) in [5.41, 5.74) is 4.14. The predicted octanol–water partition coefficient (Wildman–Crippen LogP) is 3.19. The first kappa shape index (κ1) is 17.9. The van der Waals surface area contributed by atoms with Crippen LogP contribution in [0, 0.1) is 0 Å². The van der Waals surface area contributed by atoms with Gasteiger partial charge in [-0.15, -0.1) is 11.3 Å². The summed E-state index contributed by atoms with van der Waals surface area (Å²) in [4.78, 5) is 19.7. The summed E-state index contributed by atoms with van der Waals surface area (Å²) >= 11 is 1.47. The van der Waals surface area contributed by atoms with Crippen molar-refractivity contribution in [1.29, 1.82) is 0 Å². The van der Waals surface area contributed by atoms with E-state index in [0.29, 0.717) is 5.69 Å². The molecule has 2 aromatic carbocycles. The van der Waals surface area contributed by atoms with Crippen LogP contribution in [0.5, 0.6) is 0 Å². The molecule has 0 spiro atoms. The third kappa shape index (κ3) is 3.62. The molecule has 3 heterocycles. The standard InChI is InChI=1S/C22H20N4O2S/c27-21(24-17-3-1-2-4-19(17)26-10-8-23-9-11-26)18-14-29-22(25-18)16-5-6-20-15(13-16)7-12-28-20/h1-7,12-14,23H,8-11H2,(H,24,27)/p+1. The zero-order chi connectivity index (χ0) is 19.6. The molecule has 0 radical (unpaired) electrons. The van der Waals surface area contributed by atoms with E-state index in [0.717, 1.165) is 59.1 Å². The zero-order valence-corrected chi connectivity index (χ0v) is 16.6. The van der Waals surface area contributed by atoms with E-state index in [1.54, 1.807) is 6.26 Å². The number of hydrogen-bond acceptors (Lipinski definition) is 5. The molecular formula is C22H21N4O2S+. The Hall–Kier alpha value is -3.16. The van der Waals surface area contributed by atoms with Gasteiger partial charge in [0.15, 0.2) is 0 Å². The van der Waals surface area contributed by atoms with E-state index >= 15 is 0 Å². The van der Waals surface area contributed by atoms with Gasteiger partial charge in [0.25, 0.3) is 5.91 Å². The number of aromatic nitrogens is 1. The Morgan fingerprint density at radius 3 is 2.90 bits per heavy atom. The van der Waals surface area contributed by atoms with E-state index < -0.39 is 0 Å². The Morgan fingerprint density at radius 2 is 2.00 bits per heavy atom. The molecule has 1 aliphatic rings. The minimum Gasteiger partial charge on any atom is -0.464 e. The van der Waals surface area contributed by atoms with Crippen LogP contribution in [-0.4, -0.2) is 37.1 Å². The van der Waals surface area contributed by atoms with Gasteiger partial charge in [0, 0.05) is 16.3 Å². The summed E-state index contributed by atoms with van der Waals surface area (Å²) < 4.78 is 5.39. The van der Waals surface area contributed by atoms with E-state index in [9.17, 15) is 4.79 Å². The number of thiazole rings is 1. The normalized spacial score (nSPS) is 14.3. The van der Waals surface area contributed by atoms with E-state index in [1.807, 2.05) is 47.8 Å². The SMILES string of the molecule is O=C(Nc1ccccc1N1CC[NH2+]CC1)c1csc(-c2ccc3occc3c2)n1. The van der Waals surface area contributed by atoms with Crippen molar-refractivity contribution in [2.24, 2.45) is 0 Å². The van der Waals surface area contributed by atoms with Gasteiger partial charge in [-0.25, -0.2) is 4.98 Å². The molecule has 29 heavy (non-hydrogen) atoms. The van der Waals surface area contributed by atoms with Crippen molar-refractivity contribution in [2.75, 3.05) is 36.4 Å². The van der Waals surface area contributed by atoms with Crippen LogP contribution >= 0.6 is 11.3 Å². The third-order valence-corrected chi connectivity index (χ3v) is 6.03. The summed E-state index contributed by atoms with van der Waals surface area (Å²) in [6.45, 7) is 4.09. The van der Waals surface area contributed by atoms with Crippen LogP contribution in [0.15, 0.2) is 64.6 Å². The van der Waals surface area contributed by atoms with Gasteiger partial charge in [0.1, 0.15) is 16.3 Å². The van der Waals surface area contributed by atoms with Crippen LogP contribution in [-0.2, 0) is 0 Å². The summed E-state index contributed by atoms with van der Waals surface area (Å²) in [6, 6.07) is 15.8. The van der Waals surface area contributed by atoms with Crippen molar-refractivity contribution in [2.45, 2.75) is 0 Å². The largest absolute Gasteiger partial charge is 0.464 e. The number of rotatable bonds is 4. The Kier molecular flexibility index (Phi) is 4.75. The molecule has 0 unspecified atom stereocenters. The number of quaternary nitrogens is 1. The van der Waals surface area contributed by atoms with Crippen molar-refractivity contribution in [3.63, 3.8) is 0 Å². The first-order valence-corrected chi connectivity index (χ1v) is 10.6. The molecule has 1 fully saturated rings. The van der Waals surface area contributed by atoms with E-state index in [4.69, 9.17) is 4.42 Å². The first-order chi connectivity index (χ1) is 14.3. The van der Waals surface area contributed by atoms with E-state index in [1.165, 1.54) is 11.3 Å². The van der Waals surface area contributed by atoms with Crippen molar-refractivity contribution in [3.8, 4) is 10.6 Å². The van der Waals surface area contributed by atoms with Crippen molar-refractivity contribution >= 4 is 39.6 Å². The molecule has 0 saturated carbocycles. The maximum absolute atomic E-state index is 12.9. The third-order valence-electron chi connectivity index (χ3n) is 5.14. The first-order valence-electron chi connectivity index (χ1n) is 9.68. The zero-order valence-electron chi connectivity index (χ0n) is 15.8. The summed E-state index contributed by atoms with van der Waals surface area (Å²) in [6.07, 6.45) is 1.67. The second-order valence-electron chi connectivity index (χ2n) is 7.04. The number of para-hydroxylation sites is 2. The van der Waals surface area contributed by atoms with Crippen LogP contribution in [0.1, 0.15) is 10.5 Å². The molecule has 4 aromatic rings. The van der Waals surface area contributed by atoms with Crippen molar-refractivity contribution in [1.82, 2.24) is 4.98 Å². The Labute approximate surface area is 172 Å². The number of furan rings is 1. The van der Waals surface area contributed by atoms with Crippen LogP contribution in [0.25, 0.3) is 21.5 Å². The number of amides is 1. The van der Waals surface area contributed by atoms with Crippen LogP contribution in [0.4, 0.5) is 11.4 Å². The topological polar surface area (TPSA) is 75.0 Å². The Bertz CT molecular complexity index is 1160. The number of hydrogen-bond donors (Lipinski definition) is 2. The molecule has 0 atom stereocenters. The lowest BCUT2D eigenvalue weighted by atomic mass is 10.2. The average molecular weight is 406 g/mol. The Balaban J connectivity index is 1.37. The second-order valence-corrected chi connectivity index (χ2v) is 7.89. The molecule has 5 rings (SSSR count). The van der Waals surface area contributed by atoms with E-state index in [-0.39, 0.29) is 5.91 Å². The fourth-order valence-corrected chi connectivity index (χ4v) is 4.44. The van der Waals surface area contributed by atoms with Gasteiger partial charge in [-0.2, -0.15) is 0 Å². The van der Waals surface area contributed by atoms with Gasteiger partial charge in [-0.3, -0.25) is 4.79 Å². The summed E-state index contributed by atoms with van der Waals surface area (Å²) in [5.74, 6) is -0.187. The van der Waals surface area contributed by atoms with Gasteiger partial charge in [0.05, 0.1) is 43.8 Å². The number of benzene rings is 2. The fraction of sp³-hybridized carbons (Fsp3) is 0.182. The molecular weight excluding hydrogens is 384 g/mol. The predicted molar refractivity (Wildman–Crippen MR) is 116 cm³/mol. The second kappa shape index (κ2) is 7.69. The van der Waals surface area contributed by atoms with Gasteiger partial charge in [-0.1, -0.05) is 12.1 Å². The number of nitrogens with one attached hydrogen (secondary N) is 1. The number of nitrogens with zero attached hydrogens (tertiary/aromatic N) is 2. The minimum absolute atomic E-state index is 0.187. The number of nitrogens with two attached hydrogens (primary N) is 1. The molecule has 1 saturated heterocycles. The number of piperazine rings is 1. The average Bonchev–Trinajstić information content (AvgIpc) is 3.44. The summed E-state index contributed by atoms with van der Waals surface area (Å²) in [7, 11) is 0. The molecule has 0 bridgehead atoms. The van der Waals surface area contributed by atoms with Gasteiger partial charge >= 0.3 is 0 Å². The van der Waals surface area contributed by atoms with Crippen LogP contribution < -0.4 is 15.5 Å². The highest BCUT2D eigenvalue weighted by Gasteiger charge is 2.18. The molecule has 146 valence electrons. The lowest BCUT2D eigenvalue weighted by molar-refractivity contribution is -0.655. The highest BCUT2D eigenvalue weighted by atomic mass is 32.1. The van der Waals surface area contributed by atoms with Crippen LogP contribution in [0.3, 0.4) is 0 Å². The minimum atomic E-state index is -0.187. The lowest BCUT2D eigenvalue weighted by Gasteiger charge is -2.29. The lowest BCUT2D eigenvalue weighted by Crippen LogP contribution is -2.89. The molecule has 1 aliphatic heterocycles. The molecule has 6 nitrogen and oxygen atoms in total. The quantitative estimate of drug-likeness (QED) is 0.547. The molecule has 2 aromatic heterocycles. The summed E-state index contributed by atoms with van der Waals surface area (Å²) in [5, 5.41) is 9.02. The monoisotopic (exact) mass is 405 g/mol. The molecule has 7 heteroatoms. The molecule has 3 N–H and O–H groups in total. The van der Waals surface area contributed by atoms with Gasteiger partial charge < -0.3 is 20.0 Å². The fourth-order valence-electron chi connectivity index (χ4n) is 3.64.